The lowest BCUT2D eigenvalue weighted by Crippen LogP contribution is -2.44. The number of hydrogen-bond donors (Lipinski definition) is 1. The second-order valence-electron chi connectivity index (χ2n) is 6.55. The maximum atomic E-state index is 12.8. The van der Waals surface area contributed by atoms with Crippen LogP contribution in [0.4, 0.5) is 11.4 Å². The molecule has 0 fully saturated rings. The number of carbonyl (C=O) groups is 2. The van der Waals surface area contributed by atoms with Crippen molar-refractivity contribution in [1.82, 2.24) is 0 Å². The van der Waals surface area contributed by atoms with Gasteiger partial charge in [-0.1, -0.05) is 6.08 Å². The van der Waals surface area contributed by atoms with E-state index < -0.39 is 6.10 Å². The highest BCUT2D eigenvalue weighted by Crippen LogP contribution is 2.39. The number of benzene rings is 2. The standard InChI is InChI=1S/C22H24N2O6/c1-6-9-24-16-8-7-15(12-17(16)30-13(2)22(24)26)23-21(25)14-10-18(27-3)20(29-5)19(11-14)28-4/h6-8,10-13H,1,9H2,2-5H3,(H,23,25). The van der Waals surface area contributed by atoms with E-state index in [0.29, 0.717) is 46.5 Å². The van der Waals surface area contributed by atoms with Gasteiger partial charge in [0.25, 0.3) is 11.8 Å². The SMILES string of the molecule is C=CCN1C(=O)C(C)Oc2cc(NC(=O)c3cc(OC)c(OC)c(OC)c3)ccc21. The predicted molar refractivity (Wildman–Crippen MR) is 113 cm³/mol. The summed E-state index contributed by atoms with van der Waals surface area (Å²) in [5, 5.41) is 2.83. The van der Waals surface area contributed by atoms with Crippen molar-refractivity contribution in [2.24, 2.45) is 0 Å². The summed E-state index contributed by atoms with van der Waals surface area (Å²) in [5.41, 5.74) is 1.48. The van der Waals surface area contributed by atoms with Crippen molar-refractivity contribution in [3.8, 4) is 23.0 Å². The molecule has 30 heavy (non-hydrogen) atoms. The fraction of sp³-hybridized carbons (Fsp3) is 0.273. The molecule has 0 bridgehead atoms. The largest absolute Gasteiger partial charge is 0.493 e. The molecule has 1 aliphatic rings. The van der Waals surface area contributed by atoms with Gasteiger partial charge in [-0.05, 0) is 31.2 Å². The topological polar surface area (TPSA) is 86.3 Å². The average molecular weight is 412 g/mol. The van der Waals surface area contributed by atoms with Crippen LogP contribution in [0.25, 0.3) is 0 Å². The summed E-state index contributed by atoms with van der Waals surface area (Å²) in [7, 11) is 4.46. The maximum Gasteiger partial charge on any atom is 0.268 e. The van der Waals surface area contributed by atoms with Crippen LogP contribution in [0.3, 0.4) is 0 Å². The molecule has 0 radical (unpaired) electrons. The lowest BCUT2D eigenvalue weighted by molar-refractivity contribution is -0.125. The summed E-state index contributed by atoms with van der Waals surface area (Å²) < 4.78 is 21.6. The summed E-state index contributed by atoms with van der Waals surface area (Å²) in [6.07, 6.45) is 1.03. The van der Waals surface area contributed by atoms with E-state index >= 15 is 0 Å². The Hall–Kier alpha value is -3.68. The van der Waals surface area contributed by atoms with Crippen molar-refractivity contribution in [3.05, 3.63) is 48.6 Å². The molecule has 3 rings (SSSR count). The third-order valence-electron chi connectivity index (χ3n) is 4.66. The van der Waals surface area contributed by atoms with Crippen LogP contribution in [0.5, 0.6) is 23.0 Å². The fourth-order valence-corrected chi connectivity index (χ4v) is 3.22. The highest BCUT2D eigenvalue weighted by atomic mass is 16.5. The molecular weight excluding hydrogens is 388 g/mol. The molecule has 1 atom stereocenters. The van der Waals surface area contributed by atoms with E-state index in [1.165, 1.54) is 21.3 Å². The first-order chi connectivity index (χ1) is 14.4. The van der Waals surface area contributed by atoms with Gasteiger partial charge in [-0.2, -0.15) is 0 Å². The number of nitrogens with one attached hydrogen (secondary N) is 1. The van der Waals surface area contributed by atoms with Crippen molar-refractivity contribution in [3.63, 3.8) is 0 Å². The van der Waals surface area contributed by atoms with Gasteiger partial charge in [0.15, 0.2) is 17.6 Å². The quantitative estimate of drug-likeness (QED) is 0.703. The second-order valence-corrected chi connectivity index (χ2v) is 6.55. The number of amides is 2. The molecule has 0 saturated heterocycles. The second kappa shape index (κ2) is 8.77. The van der Waals surface area contributed by atoms with Crippen LogP contribution >= 0.6 is 0 Å². The third-order valence-corrected chi connectivity index (χ3v) is 4.66. The average Bonchev–Trinajstić information content (AvgIpc) is 2.75. The molecular formula is C22H24N2O6. The van der Waals surface area contributed by atoms with Gasteiger partial charge in [0.1, 0.15) is 5.75 Å². The van der Waals surface area contributed by atoms with Crippen molar-refractivity contribution < 1.29 is 28.5 Å². The molecule has 0 saturated carbocycles. The Morgan fingerprint density at radius 2 is 1.83 bits per heavy atom. The number of methoxy groups -OCH3 is 3. The zero-order chi connectivity index (χ0) is 21.8. The first-order valence-electron chi connectivity index (χ1n) is 9.27. The summed E-state index contributed by atoms with van der Waals surface area (Å²) in [4.78, 5) is 26.8. The molecule has 2 aromatic rings. The zero-order valence-electron chi connectivity index (χ0n) is 17.4. The van der Waals surface area contributed by atoms with Gasteiger partial charge in [0, 0.05) is 23.9 Å². The minimum atomic E-state index is -0.626. The number of ether oxygens (including phenoxy) is 4. The summed E-state index contributed by atoms with van der Waals surface area (Å²) >= 11 is 0. The number of anilines is 2. The molecule has 1 unspecified atom stereocenters. The van der Waals surface area contributed by atoms with Gasteiger partial charge < -0.3 is 29.2 Å². The van der Waals surface area contributed by atoms with E-state index in [1.807, 2.05) is 0 Å². The third kappa shape index (κ3) is 3.89. The van der Waals surface area contributed by atoms with Crippen LogP contribution < -0.4 is 29.2 Å². The molecule has 1 aliphatic heterocycles. The van der Waals surface area contributed by atoms with Crippen LogP contribution in [0, 0.1) is 0 Å². The van der Waals surface area contributed by atoms with Gasteiger partial charge >= 0.3 is 0 Å². The molecule has 0 aromatic heterocycles. The van der Waals surface area contributed by atoms with Crippen LogP contribution in [0.1, 0.15) is 17.3 Å². The normalized spacial score (nSPS) is 15.0. The zero-order valence-corrected chi connectivity index (χ0v) is 17.4. The fourth-order valence-electron chi connectivity index (χ4n) is 3.22. The smallest absolute Gasteiger partial charge is 0.268 e. The van der Waals surface area contributed by atoms with Crippen molar-refractivity contribution in [2.75, 3.05) is 38.1 Å². The first kappa shape index (κ1) is 21.0. The summed E-state index contributed by atoms with van der Waals surface area (Å²) in [6, 6.07) is 8.26. The van der Waals surface area contributed by atoms with E-state index in [9.17, 15) is 9.59 Å². The molecule has 1 N–H and O–H groups in total. The van der Waals surface area contributed by atoms with Crippen molar-refractivity contribution in [1.29, 1.82) is 0 Å². The summed E-state index contributed by atoms with van der Waals surface area (Å²) in [5.74, 6) is 1.16. The van der Waals surface area contributed by atoms with Crippen LogP contribution in [0.15, 0.2) is 43.0 Å². The van der Waals surface area contributed by atoms with E-state index in [4.69, 9.17) is 18.9 Å². The number of hydrogen-bond acceptors (Lipinski definition) is 6. The van der Waals surface area contributed by atoms with Gasteiger partial charge in [0.2, 0.25) is 5.75 Å². The lowest BCUT2D eigenvalue weighted by atomic mass is 10.1. The molecule has 2 aromatic carbocycles. The van der Waals surface area contributed by atoms with Crippen molar-refractivity contribution in [2.45, 2.75) is 13.0 Å². The number of carbonyl (C=O) groups excluding carboxylic acids is 2. The molecule has 2 amide bonds. The molecule has 8 nitrogen and oxygen atoms in total. The monoisotopic (exact) mass is 412 g/mol. The first-order valence-corrected chi connectivity index (χ1v) is 9.27. The van der Waals surface area contributed by atoms with Crippen LogP contribution in [0.2, 0.25) is 0 Å². The lowest BCUT2D eigenvalue weighted by Gasteiger charge is -2.32. The minimum Gasteiger partial charge on any atom is -0.493 e. The Labute approximate surface area is 175 Å². The Kier molecular flexibility index (Phi) is 6.15. The Morgan fingerprint density at radius 3 is 2.40 bits per heavy atom. The Morgan fingerprint density at radius 1 is 1.17 bits per heavy atom. The highest BCUT2D eigenvalue weighted by Gasteiger charge is 2.31. The molecule has 158 valence electrons. The molecule has 0 spiro atoms. The molecule has 0 aliphatic carbocycles. The van der Waals surface area contributed by atoms with Gasteiger partial charge in [-0.25, -0.2) is 0 Å². The van der Waals surface area contributed by atoms with Crippen molar-refractivity contribution >= 4 is 23.2 Å². The van der Waals surface area contributed by atoms with Crippen LogP contribution in [-0.2, 0) is 4.79 Å². The maximum absolute atomic E-state index is 12.8. The Bertz CT molecular complexity index is 963. The van der Waals surface area contributed by atoms with Gasteiger partial charge in [-0.15, -0.1) is 6.58 Å². The number of nitrogens with zero attached hydrogens (tertiary/aromatic N) is 1. The highest BCUT2D eigenvalue weighted by molar-refractivity contribution is 6.06. The predicted octanol–water partition coefficient (Wildman–Crippen LogP) is 3.26. The summed E-state index contributed by atoms with van der Waals surface area (Å²) in [6.45, 7) is 5.75. The van der Waals surface area contributed by atoms with Gasteiger partial charge in [-0.3, -0.25) is 9.59 Å². The van der Waals surface area contributed by atoms with E-state index in [2.05, 4.69) is 11.9 Å². The number of rotatable bonds is 7. The Balaban J connectivity index is 1.89. The molecule has 1 heterocycles. The van der Waals surface area contributed by atoms with Gasteiger partial charge in [0.05, 0.1) is 27.0 Å². The minimum absolute atomic E-state index is 0.142. The van der Waals surface area contributed by atoms with E-state index in [-0.39, 0.29) is 11.8 Å². The number of fused-ring (bicyclic) bond motifs is 1. The molecule has 8 heteroatoms. The van der Waals surface area contributed by atoms with E-state index in [0.717, 1.165) is 0 Å². The van der Waals surface area contributed by atoms with Crippen LogP contribution in [-0.4, -0.2) is 45.8 Å². The van der Waals surface area contributed by atoms with E-state index in [1.54, 1.807) is 48.2 Å².